The van der Waals surface area contributed by atoms with Crippen molar-refractivity contribution in [2.24, 2.45) is 0 Å². The Morgan fingerprint density at radius 2 is 2.26 bits per heavy atom. The van der Waals surface area contributed by atoms with Crippen molar-refractivity contribution in [3.63, 3.8) is 0 Å². The molecule has 4 heteroatoms. The van der Waals surface area contributed by atoms with E-state index in [4.69, 9.17) is 4.74 Å². The van der Waals surface area contributed by atoms with Gasteiger partial charge in [0.05, 0.1) is 12.6 Å². The van der Waals surface area contributed by atoms with Crippen LogP contribution in [0.5, 0.6) is 0 Å². The fraction of sp³-hybridized carbons (Fsp3) is 0.533. The van der Waals surface area contributed by atoms with Crippen molar-refractivity contribution >= 4 is 5.91 Å². The summed E-state index contributed by atoms with van der Waals surface area (Å²) in [5.74, 6) is -0.0411. The summed E-state index contributed by atoms with van der Waals surface area (Å²) in [6.45, 7) is 8.13. The lowest BCUT2D eigenvalue weighted by molar-refractivity contribution is -0.134. The number of carbonyl (C=O) groups excluding carboxylic acids is 1. The molecule has 2 rings (SSSR count). The monoisotopic (exact) mass is 262 g/mol. The molecule has 19 heavy (non-hydrogen) atoms. The van der Waals surface area contributed by atoms with Crippen LogP contribution in [0.4, 0.5) is 0 Å². The molecule has 4 nitrogen and oxygen atoms in total. The smallest absolute Gasteiger partial charge is 0.250 e. The van der Waals surface area contributed by atoms with Crippen molar-refractivity contribution in [3.8, 4) is 0 Å². The molecule has 1 aromatic rings. The number of hydrogen-bond donors (Lipinski definition) is 2. The van der Waals surface area contributed by atoms with E-state index in [1.54, 1.807) is 0 Å². The Hall–Kier alpha value is -1.39. The molecule has 1 aliphatic rings. The zero-order chi connectivity index (χ0) is 13.8. The second kappa shape index (κ2) is 6.17. The zero-order valence-corrected chi connectivity index (χ0v) is 11.8. The molecule has 104 valence electrons. The first-order valence-corrected chi connectivity index (χ1v) is 6.78. The lowest BCUT2D eigenvalue weighted by Gasteiger charge is -2.25. The normalized spacial score (nSPS) is 20.9. The molecule has 0 spiro atoms. The van der Waals surface area contributed by atoms with Crippen LogP contribution in [0, 0.1) is 13.8 Å². The number of amides is 1. The predicted molar refractivity (Wildman–Crippen MR) is 75.1 cm³/mol. The van der Waals surface area contributed by atoms with Gasteiger partial charge >= 0.3 is 0 Å². The fourth-order valence-electron chi connectivity index (χ4n) is 2.34. The molecule has 1 saturated heterocycles. The summed E-state index contributed by atoms with van der Waals surface area (Å²) >= 11 is 0. The summed E-state index contributed by atoms with van der Waals surface area (Å²) in [5.41, 5.74) is 3.57. The van der Waals surface area contributed by atoms with Crippen LogP contribution in [0.2, 0.25) is 0 Å². The summed E-state index contributed by atoms with van der Waals surface area (Å²) in [6.07, 6.45) is -0.374. The Balaban J connectivity index is 2.01. The summed E-state index contributed by atoms with van der Waals surface area (Å²) in [7, 11) is 0. The van der Waals surface area contributed by atoms with Crippen molar-refractivity contribution in [3.05, 3.63) is 34.9 Å². The molecular formula is C15H22N2O2. The average Bonchev–Trinajstić information content (AvgIpc) is 2.42. The fourth-order valence-corrected chi connectivity index (χ4v) is 2.34. The highest BCUT2D eigenvalue weighted by Crippen LogP contribution is 2.19. The first-order chi connectivity index (χ1) is 9.08. The maximum absolute atomic E-state index is 12.1. The number of nitrogens with one attached hydrogen (secondary N) is 2. The third-order valence-electron chi connectivity index (χ3n) is 3.48. The largest absolute Gasteiger partial charge is 0.366 e. The van der Waals surface area contributed by atoms with E-state index in [2.05, 4.69) is 42.7 Å². The Morgan fingerprint density at radius 3 is 2.95 bits per heavy atom. The summed E-state index contributed by atoms with van der Waals surface area (Å²) in [5, 5.41) is 6.19. The lowest BCUT2D eigenvalue weighted by Crippen LogP contribution is -2.48. The molecule has 2 N–H and O–H groups in total. The van der Waals surface area contributed by atoms with E-state index in [9.17, 15) is 4.79 Å². The van der Waals surface area contributed by atoms with Crippen LogP contribution in [0.3, 0.4) is 0 Å². The number of ether oxygens (including phenoxy) is 1. The number of aryl methyl sites for hydroxylation is 2. The number of rotatable bonds is 3. The molecule has 1 aromatic carbocycles. The van der Waals surface area contributed by atoms with Crippen LogP contribution >= 0.6 is 0 Å². The van der Waals surface area contributed by atoms with Gasteiger partial charge in [-0.05, 0) is 31.9 Å². The van der Waals surface area contributed by atoms with Gasteiger partial charge in [-0.25, -0.2) is 0 Å². The second-order valence-corrected chi connectivity index (χ2v) is 5.15. The van der Waals surface area contributed by atoms with E-state index in [-0.39, 0.29) is 18.1 Å². The van der Waals surface area contributed by atoms with Crippen molar-refractivity contribution < 1.29 is 9.53 Å². The molecule has 2 atom stereocenters. The van der Waals surface area contributed by atoms with E-state index in [1.807, 2.05) is 6.92 Å². The standard InChI is InChI=1S/C15H22N2O2/c1-10-4-5-11(2)13(8-10)12(3)17-15(18)14-9-16-6-7-19-14/h4-5,8,12,14,16H,6-7,9H2,1-3H3,(H,17,18). The van der Waals surface area contributed by atoms with E-state index in [0.717, 1.165) is 12.1 Å². The number of morpholine rings is 1. The van der Waals surface area contributed by atoms with E-state index in [0.29, 0.717) is 13.2 Å². The number of hydrogen-bond acceptors (Lipinski definition) is 3. The quantitative estimate of drug-likeness (QED) is 0.867. The minimum absolute atomic E-state index is 0.00192. The minimum atomic E-state index is -0.374. The van der Waals surface area contributed by atoms with Gasteiger partial charge < -0.3 is 15.4 Å². The van der Waals surface area contributed by atoms with Gasteiger partial charge in [-0.2, -0.15) is 0 Å². The van der Waals surface area contributed by atoms with Crippen LogP contribution in [-0.4, -0.2) is 31.7 Å². The predicted octanol–water partition coefficient (Wildman–Crippen LogP) is 1.47. The number of carbonyl (C=O) groups is 1. The third kappa shape index (κ3) is 3.55. The maximum Gasteiger partial charge on any atom is 0.250 e. The van der Waals surface area contributed by atoms with Gasteiger partial charge in [0.1, 0.15) is 6.10 Å². The topological polar surface area (TPSA) is 50.4 Å². The minimum Gasteiger partial charge on any atom is -0.366 e. The van der Waals surface area contributed by atoms with Crippen LogP contribution in [-0.2, 0) is 9.53 Å². The highest BCUT2D eigenvalue weighted by Gasteiger charge is 2.23. The van der Waals surface area contributed by atoms with Crippen molar-refractivity contribution in [2.75, 3.05) is 19.7 Å². The molecule has 1 aliphatic heterocycles. The Bertz CT molecular complexity index is 453. The SMILES string of the molecule is Cc1ccc(C)c(C(C)NC(=O)C2CNCCO2)c1. The Labute approximate surface area is 114 Å². The molecule has 0 aliphatic carbocycles. The van der Waals surface area contributed by atoms with Crippen LogP contribution in [0.25, 0.3) is 0 Å². The van der Waals surface area contributed by atoms with Gasteiger partial charge in [0, 0.05) is 13.1 Å². The van der Waals surface area contributed by atoms with E-state index in [1.165, 1.54) is 11.1 Å². The molecule has 0 radical (unpaired) electrons. The number of benzene rings is 1. The zero-order valence-electron chi connectivity index (χ0n) is 11.8. The molecule has 1 heterocycles. The molecule has 0 aromatic heterocycles. The molecule has 1 amide bonds. The highest BCUT2D eigenvalue weighted by atomic mass is 16.5. The van der Waals surface area contributed by atoms with Gasteiger partial charge in [-0.15, -0.1) is 0 Å². The summed E-state index contributed by atoms with van der Waals surface area (Å²) in [4.78, 5) is 12.1. The van der Waals surface area contributed by atoms with Crippen LogP contribution < -0.4 is 10.6 Å². The maximum atomic E-state index is 12.1. The van der Waals surface area contributed by atoms with Gasteiger partial charge in [-0.1, -0.05) is 23.8 Å². The van der Waals surface area contributed by atoms with Gasteiger partial charge in [0.25, 0.3) is 5.91 Å². The van der Waals surface area contributed by atoms with Crippen molar-refractivity contribution in [2.45, 2.75) is 32.9 Å². The first-order valence-electron chi connectivity index (χ1n) is 6.78. The van der Waals surface area contributed by atoms with Crippen LogP contribution in [0.15, 0.2) is 18.2 Å². The molecule has 0 saturated carbocycles. The average molecular weight is 262 g/mol. The van der Waals surface area contributed by atoms with Crippen molar-refractivity contribution in [1.29, 1.82) is 0 Å². The molecular weight excluding hydrogens is 240 g/mol. The van der Waals surface area contributed by atoms with E-state index >= 15 is 0 Å². The van der Waals surface area contributed by atoms with E-state index < -0.39 is 0 Å². The van der Waals surface area contributed by atoms with Gasteiger partial charge in [0.2, 0.25) is 0 Å². The van der Waals surface area contributed by atoms with Gasteiger partial charge in [0.15, 0.2) is 0 Å². The molecule has 1 fully saturated rings. The Kier molecular flexibility index (Phi) is 4.56. The Morgan fingerprint density at radius 1 is 1.47 bits per heavy atom. The second-order valence-electron chi connectivity index (χ2n) is 5.15. The highest BCUT2D eigenvalue weighted by molar-refractivity contribution is 5.81. The van der Waals surface area contributed by atoms with Crippen molar-refractivity contribution in [1.82, 2.24) is 10.6 Å². The lowest BCUT2D eigenvalue weighted by atomic mass is 10.00. The molecule has 0 bridgehead atoms. The third-order valence-corrected chi connectivity index (χ3v) is 3.48. The first kappa shape index (κ1) is 14.0. The molecule has 2 unspecified atom stereocenters. The summed E-state index contributed by atoms with van der Waals surface area (Å²) in [6, 6.07) is 6.30. The van der Waals surface area contributed by atoms with Crippen LogP contribution in [0.1, 0.15) is 29.7 Å². The van der Waals surface area contributed by atoms with Gasteiger partial charge in [-0.3, -0.25) is 4.79 Å². The summed E-state index contributed by atoms with van der Waals surface area (Å²) < 4.78 is 5.46.